The molecule has 3 N–H and O–H groups in total. The van der Waals surface area contributed by atoms with Crippen molar-refractivity contribution in [2.45, 2.75) is 57.3 Å². The summed E-state index contributed by atoms with van der Waals surface area (Å²) in [6.07, 6.45) is 6.41. The van der Waals surface area contributed by atoms with E-state index < -0.39 is 18.6 Å². The summed E-state index contributed by atoms with van der Waals surface area (Å²) >= 11 is 0. The molecule has 194 valence electrons. The first kappa shape index (κ1) is 25.8. The van der Waals surface area contributed by atoms with Gasteiger partial charge in [0.25, 0.3) is 5.91 Å². The summed E-state index contributed by atoms with van der Waals surface area (Å²) in [6.45, 7) is 1.22. The molecule has 2 fully saturated rings. The van der Waals surface area contributed by atoms with Crippen LogP contribution in [0, 0.1) is 5.92 Å². The van der Waals surface area contributed by atoms with Crippen LogP contribution in [0.4, 0.5) is 21.8 Å². The summed E-state index contributed by atoms with van der Waals surface area (Å²) in [5, 5.41) is 15.8. The van der Waals surface area contributed by atoms with E-state index >= 15 is 0 Å². The second-order valence-electron chi connectivity index (χ2n) is 9.83. The summed E-state index contributed by atoms with van der Waals surface area (Å²) in [5.74, 6) is -0.820. The van der Waals surface area contributed by atoms with Crippen molar-refractivity contribution in [3.8, 4) is 0 Å². The fourth-order valence-electron chi connectivity index (χ4n) is 5.04. The molecule has 2 aliphatic rings. The Hall–Kier alpha value is -3.27. The van der Waals surface area contributed by atoms with Crippen molar-refractivity contribution >= 4 is 29.3 Å². The van der Waals surface area contributed by atoms with Crippen molar-refractivity contribution in [3.63, 3.8) is 0 Å². The Balaban J connectivity index is 1.43. The number of carbonyl (C=O) groups excluding carboxylic acids is 1. The van der Waals surface area contributed by atoms with Gasteiger partial charge in [0.2, 0.25) is 5.95 Å². The molecule has 1 aliphatic carbocycles. The number of hydrogen-bond acceptors (Lipinski definition) is 7. The lowest BCUT2D eigenvalue weighted by Gasteiger charge is -2.35. The number of aromatic nitrogens is 2. The highest BCUT2D eigenvalue weighted by atomic mass is 19.1. The van der Waals surface area contributed by atoms with Crippen LogP contribution in [0.15, 0.2) is 30.5 Å². The van der Waals surface area contributed by atoms with Gasteiger partial charge in [-0.05, 0) is 70.1 Å². The minimum Gasteiger partial charge on any atom is -0.481 e. The topological polar surface area (TPSA) is 111 Å². The van der Waals surface area contributed by atoms with Crippen LogP contribution in [-0.2, 0) is 11.5 Å². The van der Waals surface area contributed by atoms with Crippen molar-refractivity contribution in [2.24, 2.45) is 5.92 Å². The maximum atomic E-state index is 13.6. The third kappa shape index (κ3) is 6.10. The monoisotopic (exact) mass is 498 g/mol. The molecule has 9 nitrogen and oxygen atoms in total. The molecule has 36 heavy (non-hydrogen) atoms. The van der Waals surface area contributed by atoms with Gasteiger partial charge in [-0.3, -0.25) is 9.59 Å². The Morgan fingerprint density at radius 2 is 1.83 bits per heavy atom. The second-order valence-corrected chi connectivity index (χ2v) is 9.83. The van der Waals surface area contributed by atoms with Gasteiger partial charge in [0, 0.05) is 42.1 Å². The molecule has 2 heterocycles. The first-order valence-electron chi connectivity index (χ1n) is 12.6. The van der Waals surface area contributed by atoms with E-state index in [0.717, 1.165) is 38.8 Å². The van der Waals surface area contributed by atoms with Gasteiger partial charge in [-0.25, -0.2) is 9.37 Å². The molecule has 1 aromatic carbocycles. The number of amides is 1. The molecule has 1 amide bonds. The number of likely N-dealkylation sites (tertiary alicyclic amines) is 1. The number of anilines is 3. The zero-order valence-corrected chi connectivity index (χ0v) is 20.9. The highest BCUT2D eigenvalue weighted by molar-refractivity contribution is 5.94. The second kappa shape index (κ2) is 11.6. The Labute approximate surface area is 211 Å². The third-order valence-corrected chi connectivity index (χ3v) is 7.36. The molecule has 1 aliphatic heterocycles. The van der Waals surface area contributed by atoms with Crippen LogP contribution in [-0.4, -0.2) is 76.0 Å². The summed E-state index contributed by atoms with van der Waals surface area (Å²) in [5.41, 5.74) is 1.58. The van der Waals surface area contributed by atoms with Gasteiger partial charge < -0.3 is 25.5 Å². The number of piperidine rings is 1. The van der Waals surface area contributed by atoms with E-state index in [1.807, 2.05) is 11.9 Å². The third-order valence-electron chi connectivity index (χ3n) is 7.36. The molecule has 2 aromatic rings. The van der Waals surface area contributed by atoms with Crippen molar-refractivity contribution in [1.82, 2.24) is 19.8 Å². The largest absolute Gasteiger partial charge is 0.481 e. The number of nitrogens with one attached hydrogen (secondary N) is 2. The van der Waals surface area contributed by atoms with E-state index in [9.17, 15) is 19.1 Å². The maximum Gasteiger partial charge on any atom is 0.308 e. The normalized spacial score (nSPS) is 21.1. The summed E-state index contributed by atoms with van der Waals surface area (Å²) < 4.78 is 13.6. The van der Waals surface area contributed by atoms with E-state index in [4.69, 9.17) is 0 Å². The Morgan fingerprint density at radius 1 is 1.14 bits per heavy atom. The van der Waals surface area contributed by atoms with Crippen LogP contribution in [0.3, 0.4) is 0 Å². The Kier molecular flexibility index (Phi) is 8.35. The van der Waals surface area contributed by atoms with Crippen molar-refractivity contribution < 1.29 is 19.1 Å². The molecule has 4 rings (SSSR count). The fraction of sp³-hybridized carbons (Fsp3) is 0.538. The number of rotatable bonds is 8. The number of aliphatic carboxylic acids is 1. The molecule has 1 saturated heterocycles. The van der Waals surface area contributed by atoms with Crippen molar-refractivity contribution in [2.75, 3.05) is 37.8 Å². The van der Waals surface area contributed by atoms with Gasteiger partial charge in [0.1, 0.15) is 12.5 Å². The van der Waals surface area contributed by atoms with E-state index in [-0.39, 0.29) is 29.5 Å². The average Bonchev–Trinajstić information content (AvgIpc) is 2.89. The lowest BCUT2D eigenvalue weighted by molar-refractivity contribution is -0.143. The molecule has 0 bridgehead atoms. The predicted molar refractivity (Wildman–Crippen MR) is 136 cm³/mol. The van der Waals surface area contributed by atoms with Crippen LogP contribution < -0.4 is 10.6 Å². The summed E-state index contributed by atoms with van der Waals surface area (Å²) in [7, 11) is 3.96. The minimum absolute atomic E-state index is 0.00777. The van der Waals surface area contributed by atoms with Crippen LogP contribution >= 0.6 is 0 Å². The van der Waals surface area contributed by atoms with E-state index in [1.165, 1.54) is 6.20 Å². The molecule has 1 aromatic heterocycles. The number of alkyl halides is 1. The van der Waals surface area contributed by atoms with Crippen LogP contribution in [0.5, 0.6) is 0 Å². The molecule has 10 heteroatoms. The van der Waals surface area contributed by atoms with Crippen molar-refractivity contribution in [1.29, 1.82) is 0 Å². The summed E-state index contributed by atoms with van der Waals surface area (Å²) in [4.78, 5) is 37.4. The smallest absolute Gasteiger partial charge is 0.308 e. The zero-order valence-electron chi connectivity index (χ0n) is 20.9. The number of halogens is 1. The van der Waals surface area contributed by atoms with Crippen molar-refractivity contribution in [3.05, 3.63) is 41.6 Å². The predicted octanol–water partition coefficient (Wildman–Crippen LogP) is 3.91. The molecular weight excluding hydrogens is 463 g/mol. The van der Waals surface area contributed by atoms with Crippen LogP contribution in [0.1, 0.15) is 54.4 Å². The fourth-order valence-corrected chi connectivity index (χ4v) is 5.04. The molecule has 0 spiro atoms. The van der Waals surface area contributed by atoms with Gasteiger partial charge >= 0.3 is 5.97 Å². The Morgan fingerprint density at radius 3 is 2.50 bits per heavy atom. The molecule has 0 radical (unpaired) electrons. The SMILES string of the molecule is CN1CCC(N(C)C(=O)c2ccc(Nc3ncc(CF)c(N[C@@H]4CCCC[C@@H]4C(=O)O)n3)cc2)CC1. The van der Waals surface area contributed by atoms with Gasteiger partial charge in [0.05, 0.1) is 5.92 Å². The lowest BCUT2D eigenvalue weighted by atomic mass is 9.84. The van der Waals surface area contributed by atoms with Gasteiger partial charge in [-0.2, -0.15) is 4.98 Å². The van der Waals surface area contributed by atoms with Gasteiger partial charge in [-0.15, -0.1) is 0 Å². The molecule has 2 atom stereocenters. The highest BCUT2D eigenvalue weighted by Crippen LogP contribution is 2.29. The number of hydrogen-bond donors (Lipinski definition) is 3. The minimum atomic E-state index is -0.850. The number of carboxylic acid groups (broad SMARTS) is 1. The van der Waals surface area contributed by atoms with Crippen LogP contribution in [0.25, 0.3) is 0 Å². The van der Waals surface area contributed by atoms with E-state index in [1.54, 1.807) is 24.3 Å². The first-order chi connectivity index (χ1) is 17.4. The maximum absolute atomic E-state index is 13.6. The zero-order chi connectivity index (χ0) is 25.7. The number of carbonyl (C=O) groups is 2. The quantitative estimate of drug-likeness (QED) is 0.503. The molecule has 1 saturated carbocycles. The first-order valence-corrected chi connectivity index (χ1v) is 12.6. The standard InChI is InChI=1S/C26H35FN6O3/c1-32-13-11-20(12-14-32)33(2)24(34)17-7-9-19(10-8-17)29-26-28-16-18(15-27)23(31-26)30-22-6-4-3-5-21(22)25(35)36/h7-10,16,20-22H,3-6,11-15H2,1-2H3,(H,35,36)(H2,28,29,30,31)/t21-,22+/m0/s1. The Bertz CT molecular complexity index is 1060. The average molecular weight is 499 g/mol. The van der Waals surface area contributed by atoms with Gasteiger partial charge in [-0.1, -0.05) is 12.8 Å². The number of benzene rings is 1. The lowest BCUT2D eigenvalue weighted by Crippen LogP contribution is -2.44. The van der Waals surface area contributed by atoms with Gasteiger partial charge in [0.15, 0.2) is 0 Å². The highest BCUT2D eigenvalue weighted by Gasteiger charge is 2.31. The number of carboxylic acids is 1. The van der Waals surface area contributed by atoms with E-state index in [0.29, 0.717) is 29.9 Å². The molecular formula is C26H35FN6O3. The molecule has 0 unspecified atom stereocenters. The van der Waals surface area contributed by atoms with E-state index in [2.05, 4.69) is 32.5 Å². The number of nitrogens with zero attached hydrogens (tertiary/aromatic N) is 4. The van der Waals surface area contributed by atoms with Crippen LogP contribution in [0.2, 0.25) is 0 Å². The summed E-state index contributed by atoms with van der Waals surface area (Å²) in [6, 6.07) is 7.05.